The molecule has 1 saturated heterocycles. The van der Waals surface area contributed by atoms with Gasteiger partial charge in [0, 0.05) is 75.6 Å². The molecular formula is C39H48FN7O6. The highest BCUT2D eigenvalue weighted by Gasteiger charge is 2.22. The van der Waals surface area contributed by atoms with Gasteiger partial charge in [0.05, 0.1) is 13.7 Å². The summed E-state index contributed by atoms with van der Waals surface area (Å²) in [5.41, 5.74) is 3.13. The van der Waals surface area contributed by atoms with Gasteiger partial charge in [0.15, 0.2) is 23.1 Å². The van der Waals surface area contributed by atoms with Crippen molar-refractivity contribution < 1.29 is 32.9 Å². The minimum Gasteiger partial charge on any atom is -0.493 e. The normalized spacial score (nSPS) is 13.3. The van der Waals surface area contributed by atoms with Gasteiger partial charge in [0.25, 0.3) is 11.8 Å². The number of hydrogen-bond acceptors (Lipinski definition) is 11. The summed E-state index contributed by atoms with van der Waals surface area (Å²) >= 11 is 0. The van der Waals surface area contributed by atoms with E-state index in [9.17, 15) is 9.59 Å². The second kappa shape index (κ2) is 19.0. The maximum atomic E-state index is 15.2. The average Bonchev–Trinajstić information content (AvgIpc) is 3.15. The molecule has 3 N–H and O–H groups in total. The Balaban J connectivity index is 1.33. The van der Waals surface area contributed by atoms with Crippen LogP contribution >= 0.6 is 0 Å². The number of hydrogen-bond donors (Lipinski definition) is 3. The van der Waals surface area contributed by atoms with E-state index in [0.29, 0.717) is 43.2 Å². The van der Waals surface area contributed by atoms with E-state index in [0.717, 1.165) is 50.3 Å². The van der Waals surface area contributed by atoms with Crippen molar-refractivity contribution in [2.45, 2.75) is 27.2 Å². The third-order valence-corrected chi connectivity index (χ3v) is 8.80. The predicted molar refractivity (Wildman–Crippen MR) is 202 cm³/mol. The van der Waals surface area contributed by atoms with Crippen LogP contribution in [0.5, 0.6) is 23.1 Å². The Morgan fingerprint density at radius 3 is 2.26 bits per heavy atom. The van der Waals surface area contributed by atoms with Gasteiger partial charge < -0.3 is 39.8 Å². The molecule has 0 aliphatic carbocycles. The Kier molecular flexibility index (Phi) is 13.9. The molecule has 14 heteroatoms. The standard InChI is InChI=1S/C39H48FN7O6/c1-6-15-46-16-18-47(19-17-46)20-22-52-32-13-11-29(24-31(32)40)43-39-42-25-30(37(49)44-35-26(2)8-7-9-27(35)3)38(45-39)53-33-12-10-28(23-34(33)51-5)36(48)41-14-21-50-4/h7-13,23-25H,6,14-22H2,1-5H3,(H,41,48)(H,44,49)(H,42,43,45). The number of anilines is 3. The molecule has 0 bridgehead atoms. The van der Waals surface area contributed by atoms with E-state index >= 15 is 4.39 Å². The van der Waals surface area contributed by atoms with Crippen molar-refractivity contribution >= 4 is 29.1 Å². The fraction of sp³-hybridized carbons (Fsp3) is 0.385. The summed E-state index contributed by atoms with van der Waals surface area (Å²) in [4.78, 5) is 40.0. The summed E-state index contributed by atoms with van der Waals surface area (Å²) < 4.78 is 37.7. The zero-order valence-corrected chi connectivity index (χ0v) is 31.0. The Labute approximate surface area is 309 Å². The number of carbonyl (C=O) groups is 2. The van der Waals surface area contributed by atoms with E-state index in [-0.39, 0.29) is 40.5 Å². The van der Waals surface area contributed by atoms with Crippen LogP contribution in [-0.2, 0) is 4.74 Å². The first-order valence-corrected chi connectivity index (χ1v) is 17.7. The summed E-state index contributed by atoms with van der Waals surface area (Å²) in [7, 11) is 2.99. The van der Waals surface area contributed by atoms with Crippen LogP contribution in [0.25, 0.3) is 0 Å². The van der Waals surface area contributed by atoms with Crippen LogP contribution in [0.2, 0.25) is 0 Å². The number of benzene rings is 3. The summed E-state index contributed by atoms with van der Waals surface area (Å²) in [5, 5.41) is 8.70. The van der Waals surface area contributed by atoms with E-state index in [2.05, 4.69) is 42.6 Å². The van der Waals surface area contributed by atoms with Gasteiger partial charge >= 0.3 is 0 Å². The van der Waals surface area contributed by atoms with Crippen molar-refractivity contribution in [2.24, 2.45) is 0 Å². The van der Waals surface area contributed by atoms with Crippen LogP contribution in [0.4, 0.5) is 21.7 Å². The molecule has 0 unspecified atom stereocenters. The van der Waals surface area contributed by atoms with Gasteiger partial charge in [-0.1, -0.05) is 25.1 Å². The van der Waals surface area contributed by atoms with E-state index in [1.807, 2.05) is 32.0 Å². The molecule has 2 amide bonds. The predicted octanol–water partition coefficient (Wildman–Crippen LogP) is 5.81. The lowest BCUT2D eigenvalue weighted by atomic mass is 10.1. The fourth-order valence-corrected chi connectivity index (χ4v) is 5.88. The van der Waals surface area contributed by atoms with Gasteiger partial charge in [0.1, 0.15) is 12.2 Å². The molecular weight excluding hydrogens is 681 g/mol. The van der Waals surface area contributed by atoms with Crippen LogP contribution in [-0.4, -0.2) is 105 Å². The molecule has 13 nitrogen and oxygen atoms in total. The maximum Gasteiger partial charge on any atom is 0.262 e. The average molecular weight is 730 g/mol. The number of aryl methyl sites for hydroxylation is 2. The van der Waals surface area contributed by atoms with Crippen LogP contribution in [0.3, 0.4) is 0 Å². The quantitative estimate of drug-likeness (QED) is 0.114. The Morgan fingerprint density at radius 2 is 1.58 bits per heavy atom. The van der Waals surface area contributed by atoms with Crippen molar-refractivity contribution in [1.82, 2.24) is 25.1 Å². The molecule has 5 rings (SSSR count). The second-order valence-electron chi connectivity index (χ2n) is 12.7. The number of halogens is 1. The van der Waals surface area contributed by atoms with Crippen molar-refractivity contribution in [3.63, 3.8) is 0 Å². The third-order valence-electron chi connectivity index (χ3n) is 8.80. The molecule has 282 valence electrons. The molecule has 0 atom stereocenters. The number of rotatable bonds is 17. The van der Waals surface area contributed by atoms with Crippen molar-refractivity contribution in [3.05, 3.63) is 88.9 Å². The topological polar surface area (TPSA) is 139 Å². The lowest BCUT2D eigenvalue weighted by Gasteiger charge is -2.34. The summed E-state index contributed by atoms with van der Waals surface area (Å²) in [5.74, 6) is -0.848. The van der Waals surface area contributed by atoms with E-state index in [1.54, 1.807) is 31.4 Å². The number of amides is 2. The molecule has 53 heavy (non-hydrogen) atoms. The minimum absolute atomic E-state index is 0.0309. The first-order chi connectivity index (χ1) is 25.7. The molecule has 3 aromatic carbocycles. The summed E-state index contributed by atoms with van der Waals surface area (Å²) in [6.45, 7) is 12.9. The Hall–Kier alpha value is -5.31. The van der Waals surface area contributed by atoms with Gasteiger partial charge in [-0.3, -0.25) is 14.5 Å². The van der Waals surface area contributed by atoms with Crippen LogP contribution < -0.4 is 30.2 Å². The zero-order chi connectivity index (χ0) is 37.7. The van der Waals surface area contributed by atoms with E-state index < -0.39 is 11.7 Å². The lowest BCUT2D eigenvalue weighted by molar-refractivity contribution is 0.0936. The smallest absolute Gasteiger partial charge is 0.262 e. The number of ether oxygens (including phenoxy) is 4. The van der Waals surface area contributed by atoms with E-state index in [1.165, 1.54) is 25.4 Å². The highest BCUT2D eigenvalue weighted by molar-refractivity contribution is 6.06. The van der Waals surface area contributed by atoms with Gasteiger partial charge in [-0.05, 0) is 68.3 Å². The molecule has 0 saturated carbocycles. The molecule has 0 spiro atoms. The molecule has 1 fully saturated rings. The molecule has 1 aromatic heterocycles. The second-order valence-corrected chi connectivity index (χ2v) is 12.7. The van der Waals surface area contributed by atoms with Crippen molar-refractivity contribution in [1.29, 1.82) is 0 Å². The Bertz CT molecular complexity index is 1850. The van der Waals surface area contributed by atoms with Gasteiger partial charge in [-0.2, -0.15) is 4.98 Å². The van der Waals surface area contributed by atoms with Crippen LogP contribution in [0.1, 0.15) is 45.2 Å². The SMILES string of the molecule is CCCN1CCN(CCOc2ccc(Nc3ncc(C(=O)Nc4c(C)cccc4C)c(Oc4ccc(C(=O)NCCOC)cc4OC)n3)cc2F)CC1. The number of piperazine rings is 1. The Morgan fingerprint density at radius 1 is 0.868 bits per heavy atom. The highest BCUT2D eigenvalue weighted by atomic mass is 19.1. The van der Waals surface area contributed by atoms with Crippen LogP contribution in [0, 0.1) is 19.7 Å². The maximum absolute atomic E-state index is 15.2. The largest absolute Gasteiger partial charge is 0.493 e. The van der Waals surface area contributed by atoms with Gasteiger partial charge in [0.2, 0.25) is 11.8 Å². The lowest BCUT2D eigenvalue weighted by Crippen LogP contribution is -2.47. The number of methoxy groups -OCH3 is 2. The number of nitrogens with zero attached hydrogens (tertiary/aromatic N) is 4. The van der Waals surface area contributed by atoms with Gasteiger partial charge in [-0.15, -0.1) is 0 Å². The number of carbonyl (C=O) groups excluding carboxylic acids is 2. The van der Waals surface area contributed by atoms with Crippen molar-refractivity contribution in [3.8, 4) is 23.1 Å². The zero-order valence-electron chi connectivity index (χ0n) is 31.0. The first-order valence-electron chi connectivity index (χ1n) is 17.7. The molecule has 1 aliphatic heterocycles. The van der Waals surface area contributed by atoms with Crippen molar-refractivity contribution in [2.75, 3.05) is 83.9 Å². The highest BCUT2D eigenvalue weighted by Crippen LogP contribution is 2.34. The fourth-order valence-electron chi connectivity index (χ4n) is 5.88. The first kappa shape index (κ1) is 38.9. The monoisotopic (exact) mass is 729 g/mol. The summed E-state index contributed by atoms with van der Waals surface area (Å²) in [6.07, 6.45) is 2.47. The third kappa shape index (κ3) is 10.6. The van der Waals surface area contributed by atoms with E-state index in [4.69, 9.17) is 18.9 Å². The van der Waals surface area contributed by atoms with Crippen LogP contribution in [0.15, 0.2) is 60.8 Å². The van der Waals surface area contributed by atoms with Gasteiger partial charge in [-0.25, -0.2) is 9.37 Å². The molecule has 2 heterocycles. The summed E-state index contributed by atoms with van der Waals surface area (Å²) in [6, 6.07) is 14.8. The number of nitrogens with one attached hydrogen (secondary N) is 3. The minimum atomic E-state index is -0.542. The number of para-hydroxylation sites is 1. The molecule has 4 aromatic rings. The number of aromatic nitrogens is 2. The molecule has 1 aliphatic rings. The molecule has 0 radical (unpaired) electrons.